The van der Waals surface area contributed by atoms with Crippen molar-refractivity contribution in [3.8, 4) is 0 Å². The van der Waals surface area contributed by atoms with Crippen LogP contribution in [0.2, 0.25) is 0 Å². The first-order valence-corrected chi connectivity index (χ1v) is 17.3. The molecule has 0 radical (unpaired) electrons. The Morgan fingerprint density at radius 1 is 0.800 bits per heavy atom. The van der Waals surface area contributed by atoms with Gasteiger partial charge < -0.3 is 9.08 Å². The minimum atomic E-state index is 0.385. The molecule has 0 saturated heterocycles. The third kappa shape index (κ3) is 7.28. The normalized spacial score (nSPS) is 16.1. The second-order valence-electron chi connectivity index (χ2n) is 11.5. The first-order chi connectivity index (χ1) is 22.3. The zero-order valence-electron chi connectivity index (χ0n) is 25.3. The average Bonchev–Trinajstić information content (AvgIpc) is 3.73. The number of fused-ring (bicyclic) bond motifs is 2. The van der Waals surface area contributed by atoms with Crippen molar-refractivity contribution in [1.82, 2.24) is 0 Å². The molecule has 45 heavy (non-hydrogen) atoms. The molecular weight excluding hydrogens is 589 g/mol. The van der Waals surface area contributed by atoms with Gasteiger partial charge in [-0.05, 0) is 54.3 Å². The van der Waals surface area contributed by atoms with Crippen LogP contribution in [-0.4, -0.2) is 6.10 Å². The summed E-state index contributed by atoms with van der Waals surface area (Å²) >= 11 is 3.37. The molecule has 0 spiro atoms. The van der Waals surface area contributed by atoms with Gasteiger partial charge in [0.05, 0.1) is 22.2 Å². The van der Waals surface area contributed by atoms with Gasteiger partial charge in [-0.3, -0.25) is 0 Å². The van der Waals surface area contributed by atoms with Gasteiger partial charge in [0.2, 0.25) is 5.52 Å². The highest BCUT2D eigenvalue weighted by Gasteiger charge is 2.26. The number of rotatable bonds is 10. The lowest BCUT2D eigenvalue weighted by Gasteiger charge is -2.21. The second-order valence-corrected chi connectivity index (χ2v) is 13.4. The summed E-state index contributed by atoms with van der Waals surface area (Å²) < 4.78 is 8.50. The van der Waals surface area contributed by atoms with E-state index in [0.717, 1.165) is 13.1 Å². The quantitative estimate of drug-likeness (QED) is 0.0872. The van der Waals surface area contributed by atoms with E-state index in [2.05, 4.69) is 155 Å². The van der Waals surface area contributed by atoms with Crippen LogP contribution in [0.5, 0.6) is 0 Å². The molecule has 1 aliphatic heterocycles. The first kappa shape index (κ1) is 29.7. The summed E-state index contributed by atoms with van der Waals surface area (Å²) in [5.41, 5.74) is 6.29. The third-order valence-corrected chi connectivity index (χ3v) is 10.3. The Bertz CT molecular complexity index is 1840. The van der Waals surface area contributed by atoms with Crippen molar-refractivity contribution in [1.29, 1.82) is 0 Å². The van der Waals surface area contributed by atoms with E-state index in [1.807, 2.05) is 11.8 Å². The molecule has 5 aromatic rings. The first-order valence-electron chi connectivity index (χ1n) is 15.8. The fourth-order valence-corrected chi connectivity index (χ4v) is 7.80. The van der Waals surface area contributed by atoms with Gasteiger partial charge in [-0.2, -0.15) is 4.57 Å². The molecule has 0 unspecified atom stereocenters. The molecule has 4 aromatic carbocycles. The largest absolute Gasteiger partial charge is 0.330 e. The van der Waals surface area contributed by atoms with E-state index in [9.17, 15) is 0 Å². The van der Waals surface area contributed by atoms with Gasteiger partial charge >= 0.3 is 0 Å². The summed E-state index contributed by atoms with van der Waals surface area (Å²) in [6.07, 6.45) is 18.4. The van der Waals surface area contributed by atoms with Gasteiger partial charge in [-0.25, -0.2) is 0 Å². The van der Waals surface area contributed by atoms with E-state index in [0.29, 0.717) is 6.10 Å². The highest BCUT2D eigenvalue weighted by atomic mass is 32.2. The lowest BCUT2D eigenvalue weighted by Crippen LogP contribution is -2.34. The molecule has 7 rings (SSSR count). The van der Waals surface area contributed by atoms with Crippen LogP contribution in [0, 0.1) is 0 Å². The number of para-hydroxylation sites is 1. The molecule has 1 fully saturated rings. The minimum absolute atomic E-state index is 0.385. The number of allylic oxidation sites excluding steroid dienone is 4. The number of aromatic nitrogens is 1. The summed E-state index contributed by atoms with van der Waals surface area (Å²) in [6.45, 7) is 1.68. The van der Waals surface area contributed by atoms with Crippen LogP contribution in [0.4, 0.5) is 5.69 Å². The molecule has 0 bridgehead atoms. The van der Waals surface area contributed by atoms with Crippen LogP contribution in [0.1, 0.15) is 42.4 Å². The molecule has 0 amide bonds. The van der Waals surface area contributed by atoms with Crippen LogP contribution in [0.25, 0.3) is 17.0 Å². The summed E-state index contributed by atoms with van der Waals surface area (Å²) in [4.78, 5) is 4.88. The Labute approximate surface area is 275 Å². The lowest BCUT2D eigenvalue weighted by atomic mass is 10.1. The summed E-state index contributed by atoms with van der Waals surface area (Å²) in [5, 5.41) is 2.48. The smallest absolute Gasteiger partial charge is 0.213 e. The number of anilines is 1. The van der Waals surface area contributed by atoms with E-state index in [-0.39, 0.29) is 0 Å². The van der Waals surface area contributed by atoms with Gasteiger partial charge in [0, 0.05) is 46.1 Å². The highest BCUT2D eigenvalue weighted by Crippen LogP contribution is 2.48. The molecular formula is C40H37N2OS2+. The number of benzene rings is 4. The Morgan fingerprint density at radius 3 is 2.38 bits per heavy atom. The van der Waals surface area contributed by atoms with Gasteiger partial charge in [-0.1, -0.05) is 122 Å². The minimum Gasteiger partial charge on any atom is -0.330 e. The fourth-order valence-electron chi connectivity index (χ4n) is 6.03. The third-order valence-electron chi connectivity index (χ3n) is 8.36. The van der Waals surface area contributed by atoms with Crippen molar-refractivity contribution in [2.45, 2.75) is 54.7 Å². The summed E-state index contributed by atoms with van der Waals surface area (Å²) in [6, 6.07) is 38.9. The molecule has 3 nitrogen and oxygen atoms in total. The van der Waals surface area contributed by atoms with Crippen molar-refractivity contribution in [2.75, 3.05) is 4.90 Å². The molecule has 2 heterocycles. The van der Waals surface area contributed by atoms with Gasteiger partial charge in [0.25, 0.3) is 0 Å². The van der Waals surface area contributed by atoms with Crippen LogP contribution >= 0.6 is 23.8 Å². The second kappa shape index (κ2) is 14.4. The van der Waals surface area contributed by atoms with E-state index in [1.165, 1.54) is 85.8 Å². The zero-order valence-corrected chi connectivity index (χ0v) is 26.9. The molecule has 0 N–H and O–H groups in total. The van der Waals surface area contributed by atoms with Gasteiger partial charge in [0.1, 0.15) is 0 Å². The molecule has 224 valence electrons. The van der Waals surface area contributed by atoms with Crippen molar-refractivity contribution in [3.05, 3.63) is 161 Å². The van der Waals surface area contributed by atoms with Crippen LogP contribution < -0.4 is 9.47 Å². The Morgan fingerprint density at radius 2 is 1.56 bits per heavy atom. The monoisotopic (exact) mass is 625 g/mol. The number of pyridine rings is 1. The lowest BCUT2D eigenvalue weighted by molar-refractivity contribution is -0.662. The number of hydrogen-bond donors (Lipinski definition) is 0. The van der Waals surface area contributed by atoms with Crippen molar-refractivity contribution in [3.63, 3.8) is 0 Å². The highest BCUT2D eigenvalue weighted by molar-refractivity contribution is 8.03. The molecule has 0 atom stereocenters. The number of hydrogen-bond acceptors (Lipinski definition) is 4. The Balaban J connectivity index is 1.09. The van der Waals surface area contributed by atoms with Crippen LogP contribution in [-0.2, 0) is 17.3 Å². The van der Waals surface area contributed by atoms with E-state index < -0.39 is 0 Å². The maximum Gasteiger partial charge on any atom is 0.213 e. The zero-order chi connectivity index (χ0) is 30.3. The Hall–Kier alpha value is -4.03. The SMILES string of the molecule is C(/C=C/C=C/c1cc[n+](Cc2ccccc2)c2ccccc12)=C1/Sc2ccc(SOC3CCCC3)cc2N1Cc1ccccc1. The van der Waals surface area contributed by atoms with Crippen LogP contribution in [0.3, 0.4) is 0 Å². The topological polar surface area (TPSA) is 16.4 Å². The number of thioether (sulfide) groups is 1. The average molecular weight is 626 g/mol. The Kier molecular flexibility index (Phi) is 9.48. The van der Waals surface area contributed by atoms with Gasteiger partial charge in [0.15, 0.2) is 12.7 Å². The van der Waals surface area contributed by atoms with Crippen molar-refractivity contribution in [2.24, 2.45) is 0 Å². The maximum atomic E-state index is 6.17. The van der Waals surface area contributed by atoms with Crippen molar-refractivity contribution < 1.29 is 8.75 Å². The maximum absolute atomic E-state index is 6.17. The molecule has 1 saturated carbocycles. The van der Waals surface area contributed by atoms with Gasteiger partial charge in [-0.15, -0.1) is 0 Å². The number of nitrogens with zero attached hydrogens (tertiary/aromatic N) is 2. The predicted octanol–water partition coefficient (Wildman–Crippen LogP) is 10.4. The predicted molar refractivity (Wildman–Crippen MR) is 190 cm³/mol. The van der Waals surface area contributed by atoms with E-state index >= 15 is 0 Å². The van der Waals surface area contributed by atoms with E-state index in [4.69, 9.17) is 4.18 Å². The summed E-state index contributed by atoms with van der Waals surface area (Å²) in [5.74, 6) is 0. The fraction of sp³-hybridized carbons (Fsp3) is 0.175. The standard InChI is InChI=1S/C40H37N2OS2/c1-4-14-31(15-5-1)29-41-27-26-33(36-21-12-13-22-37(36)41)18-8-3-9-23-40-42(30-32-16-6-2-7-17-32)38-28-35(24-25-39(38)44-40)45-43-34-19-10-11-20-34/h1-9,12-18,21-28,34H,10-11,19-20,29-30H2/q+1. The summed E-state index contributed by atoms with van der Waals surface area (Å²) in [7, 11) is 0. The molecule has 5 heteroatoms. The molecule has 1 aliphatic carbocycles. The van der Waals surface area contributed by atoms with Crippen LogP contribution in [0.15, 0.2) is 155 Å². The molecule has 2 aliphatic rings. The molecule has 1 aromatic heterocycles. The van der Waals surface area contributed by atoms with E-state index in [1.54, 1.807) is 0 Å². The van der Waals surface area contributed by atoms with Crippen molar-refractivity contribution >= 4 is 46.5 Å².